The van der Waals surface area contributed by atoms with Crippen LogP contribution in [0.15, 0.2) is 0 Å². The average Bonchev–Trinajstić information content (AvgIpc) is 1.82. The molecule has 13 heavy (non-hydrogen) atoms. The number of ether oxygens (including phenoxy) is 1. The third kappa shape index (κ3) is 5.42. The van der Waals surface area contributed by atoms with E-state index in [2.05, 4.69) is 4.74 Å². The number of carboxylic acids is 1. The first-order valence-corrected chi connectivity index (χ1v) is 3.25. The van der Waals surface area contributed by atoms with Gasteiger partial charge in [0.25, 0.3) is 0 Å². The molecule has 78 valence electrons. The van der Waals surface area contributed by atoms with E-state index in [-0.39, 0.29) is 0 Å². The van der Waals surface area contributed by atoms with E-state index in [4.69, 9.17) is 10.2 Å². The number of carboxylic acid groups (broad SMARTS) is 1. The second-order valence-electron chi connectivity index (χ2n) is 2.69. The van der Waals surface area contributed by atoms with E-state index in [0.29, 0.717) is 0 Å². The Morgan fingerprint density at radius 1 is 1.38 bits per heavy atom. The summed E-state index contributed by atoms with van der Waals surface area (Å²) in [5.74, 6) is -1.63. The Morgan fingerprint density at radius 3 is 2.15 bits per heavy atom. The van der Waals surface area contributed by atoms with Crippen LogP contribution in [0.25, 0.3) is 0 Å². The van der Waals surface area contributed by atoms with Crippen LogP contribution in [0.5, 0.6) is 0 Å². The zero-order valence-electron chi connectivity index (χ0n) is 6.76. The average molecular weight is 202 g/mol. The predicted octanol–water partition coefficient (Wildman–Crippen LogP) is 0.401. The van der Waals surface area contributed by atoms with Gasteiger partial charge in [-0.15, -0.1) is 0 Å². The van der Waals surface area contributed by atoms with Gasteiger partial charge in [-0.05, 0) is 6.92 Å². The first-order valence-electron chi connectivity index (χ1n) is 3.25. The van der Waals surface area contributed by atoms with E-state index in [1.165, 1.54) is 0 Å². The van der Waals surface area contributed by atoms with Gasteiger partial charge in [-0.25, -0.2) is 4.79 Å². The summed E-state index contributed by atoms with van der Waals surface area (Å²) < 4.78 is 38.4. The van der Waals surface area contributed by atoms with Crippen LogP contribution in [-0.4, -0.2) is 41.2 Å². The van der Waals surface area contributed by atoms with Crippen molar-refractivity contribution < 1.29 is 32.9 Å². The fourth-order valence-corrected chi connectivity index (χ4v) is 0.427. The molecule has 0 saturated carbocycles. The molecule has 0 rings (SSSR count). The summed E-state index contributed by atoms with van der Waals surface area (Å²) in [4.78, 5) is 10.2. The minimum absolute atomic E-state index is 0.853. The van der Waals surface area contributed by atoms with Crippen LogP contribution in [0.2, 0.25) is 0 Å². The van der Waals surface area contributed by atoms with Crippen LogP contribution < -0.4 is 0 Å². The molecular weight excluding hydrogens is 193 g/mol. The van der Waals surface area contributed by atoms with Crippen molar-refractivity contribution >= 4 is 5.97 Å². The Balaban J connectivity index is 3.84. The first-order chi connectivity index (χ1) is 5.65. The molecule has 7 heteroatoms. The Hall–Kier alpha value is -0.820. The SMILES string of the molecule is CC(O)(COCC(F)(F)F)C(=O)O. The summed E-state index contributed by atoms with van der Waals surface area (Å²) in [7, 11) is 0. The van der Waals surface area contributed by atoms with Gasteiger partial charge in [0, 0.05) is 0 Å². The Kier molecular flexibility index (Phi) is 3.68. The third-order valence-electron chi connectivity index (χ3n) is 1.11. The van der Waals surface area contributed by atoms with Gasteiger partial charge in [-0.2, -0.15) is 13.2 Å². The topological polar surface area (TPSA) is 66.8 Å². The summed E-state index contributed by atoms with van der Waals surface area (Å²) in [6.45, 7) is -1.62. The first kappa shape index (κ1) is 12.2. The van der Waals surface area contributed by atoms with Crippen molar-refractivity contribution in [3.8, 4) is 0 Å². The van der Waals surface area contributed by atoms with Crippen molar-refractivity contribution in [3.63, 3.8) is 0 Å². The standard InChI is InChI=1S/C6H9F3O4/c1-5(12,4(10)11)2-13-3-6(7,8)9/h12H,2-3H2,1H3,(H,10,11). The normalized spacial score (nSPS) is 16.7. The highest BCUT2D eigenvalue weighted by Gasteiger charge is 2.33. The van der Waals surface area contributed by atoms with Crippen molar-refractivity contribution in [1.29, 1.82) is 0 Å². The van der Waals surface area contributed by atoms with E-state index in [1.807, 2.05) is 0 Å². The molecule has 0 heterocycles. The number of aliphatic carboxylic acids is 1. The number of rotatable bonds is 4. The summed E-state index contributed by atoms with van der Waals surface area (Å²) in [6.07, 6.45) is -4.52. The van der Waals surface area contributed by atoms with E-state index < -0.39 is 31.0 Å². The van der Waals surface area contributed by atoms with Gasteiger partial charge in [-0.1, -0.05) is 0 Å². The molecule has 0 amide bonds. The monoisotopic (exact) mass is 202 g/mol. The molecule has 0 saturated heterocycles. The van der Waals surface area contributed by atoms with E-state index in [0.717, 1.165) is 6.92 Å². The predicted molar refractivity (Wildman–Crippen MR) is 35.1 cm³/mol. The molecule has 0 radical (unpaired) electrons. The molecule has 0 aromatic heterocycles. The molecule has 0 aliphatic rings. The van der Waals surface area contributed by atoms with E-state index in [1.54, 1.807) is 0 Å². The van der Waals surface area contributed by atoms with Gasteiger partial charge in [-0.3, -0.25) is 0 Å². The molecule has 0 aliphatic heterocycles. The van der Waals surface area contributed by atoms with Crippen LogP contribution in [0.1, 0.15) is 6.92 Å². The van der Waals surface area contributed by atoms with Crippen LogP contribution >= 0.6 is 0 Å². The third-order valence-corrected chi connectivity index (χ3v) is 1.11. The number of carbonyl (C=O) groups is 1. The smallest absolute Gasteiger partial charge is 0.411 e. The summed E-state index contributed by atoms with van der Waals surface area (Å²) in [5, 5.41) is 17.2. The maximum absolute atomic E-state index is 11.5. The number of hydrogen-bond acceptors (Lipinski definition) is 3. The number of halogens is 3. The van der Waals surface area contributed by atoms with Gasteiger partial charge in [0.1, 0.15) is 6.61 Å². The lowest BCUT2D eigenvalue weighted by Gasteiger charge is -2.18. The molecule has 0 bridgehead atoms. The lowest BCUT2D eigenvalue weighted by molar-refractivity contribution is -0.192. The molecule has 0 aromatic carbocycles. The van der Waals surface area contributed by atoms with E-state index >= 15 is 0 Å². The van der Waals surface area contributed by atoms with Crippen molar-refractivity contribution in [2.45, 2.75) is 18.7 Å². The zero-order chi connectivity index (χ0) is 10.7. The van der Waals surface area contributed by atoms with Crippen molar-refractivity contribution in [2.24, 2.45) is 0 Å². The second kappa shape index (κ2) is 3.93. The number of alkyl halides is 3. The van der Waals surface area contributed by atoms with Crippen molar-refractivity contribution in [2.75, 3.05) is 13.2 Å². The minimum Gasteiger partial charge on any atom is -0.479 e. The molecule has 0 fully saturated rings. The molecule has 4 nitrogen and oxygen atoms in total. The highest BCUT2D eigenvalue weighted by atomic mass is 19.4. The zero-order valence-corrected chi connectivity index (χ0v) is 6.76. The summed E-state index contributed by atoms with van der Waals surface area (Å²) in [5.41, 5.74) is -2.29. The quantitative estimate of drug-likeness (QED) is 0.692. The van der Waals surface area contributed by atoms with Crippen LogP contribution in [0.3, 0.4) is 0 Å². The van der Waals surface area contributed by atoms with Crippen LogP contribution in [0.4, 0.5) is 13.2 Å². The Morgan fingerprint density at radius 2 is 1.85 bits per heavy atom. The molecule has 0 aliphatic carbocycles. The molecule has 2 N–H and O–H groups in total. The van der Waals surface area contributed by atoms with Crippen LogP contribution in [-0.2, 0) is 9.53 Å². The van der Waals surface area contributed by atoms with Crippen molar-refractivity contribution in [3.05, 3.63) is 0 Å². The highest BCUT2D eigenvalue weighted by molar-refractivity contribution is 5.76. The maximum atomic E-state index is 11.5. The largest absolute Gasteiger partial charge is 0.479 e. The fraction of sp³-hybridized carbons (Fsp3) is 0.833. The lowest BCUT2D eigenvalue weighted by atomic mass is 10.1. The number of aliphatic hydroxyl groups is 1. The van der Waals surface area contributed by atoms with Gasteiger partial charge in [0.15, 0.2) is 5.60 Å². The lowest BCUT2D eigenvalue weighted by Crippen LogP contribution is -2.40. The number of hydrogen-bond donors (Lipinski definition) is 2. The molecule has 1 atom stereocenters. The van der Waals surface area contributed by atoms with Gasteiger partial charge < -0.3 is 14.9 Å². The molecule has 0 aromatic rings. The van der Waals surface area contributed by atoms with Gasteiger partial charge >= 0.3 is 12.1 Å². The van der Waals surface area contributed by atoms with Crippen molar-refractivity contribution in [1.82, 2.24) is 0 Å². The molecule has 1 unspecified atom stereocenters. The van der Waals surface area contributed by atoms with Crippen LogP contribution in [0, 0.1) is 0 Å². The maximum Gasteiger partial charge on any atom is 0.411 e. The van der Waals surface area contributed by atoms with Gasteiger partial charge in [0.05, 0.1) is 6.61 Å². The van der Waals surface area contributed by atoms with E-state index in [9.17, 15) is 18.0 Å². The second-order valence-corrected chi connectivity index (χ2v) is 2.69. The molecular formula is C6H9F3O4. The Labute approximate surface area is 71.9 Å². The fourth-order valence-electron chi connectivity index (χ4n) is 0.427. The Bertz CT molecular complexity index is 187. The highest BCUT2D eigenvalue weighted by Crippen LogP contribution is 2.15. The minimum atomic E-state index is -4.52. The summed E-state index contributed by atoms with van der Waals surface area (Å²) >= 11 is 0. The summed E-state index contributed by atoms with van der Waals surface area (Å²) in [6, 6.07) is 0. The molecule has 0 spiro atoms. The van der Waals surface area contributed by atoms with Gasteiger partial charge in [0.2, 0.25) is 0 Å².